The average Bonchev–Trinajstić information content (AvgIpc) is 2.32. The van der Waals surface area contributed by atoms with Crippen molar-refractivity contribution in [2.45, 2.75) is 52.6 Å². The summed E-state index contributed by atoms with van der Waals surface area (Å²) >= 11 is 0. The number of hydrogen-bond donors (Lipinski definition) is 1. The van der Waals surface area contributed by atoms with E-state index in [1.165, 1.54) is 0 Å². The molecule has 1 N–H and O–H groups in total. The third kappa shape index (κ3) is 4.18. The van der Waals surface area contributed by atoms with E-state index < -0.39 is 11.5 Å². The van der Waals surface area contributed by atoms with Gasteiger partial charge in [0.05, 0.1) is 18.1 Å². The number of nitrogens with zero attached hydrogens (tertiary/aromatic N) is 1. The number of likely N-dealkylation sites (tertiary alicyclic amines) is 1. The van der Waals surface area contributed by atoms with E-state index in [1.54, 1.807) is 0 Å². The van der Waals surface area contributed by atoms with Crippen LogP contribution >= 0.6 is 0 Å². The van der Waals surface area contributed by atoms with Crippen LogP contribution in [0.5, 0.6) is 0 Å². The molecule has 0 aliphatic carbocycles. The topological polar surface area (TPSA) is 49.8 Å². The molecule has 1 atom stereocenters. The van der Waals surface area contributed by atoms with Crippen molar-refractivity contribution >= 4 is 5.97 Å². The van der Waals surface area contributed by atoms with E-state index in [4.69, 9.17) is 4.74 Å². The maximum absolute atomic E-state index is 12.1. The lowest BCUT2D eigenvalue weighted by atomic mass is 9.74. The minimum atomic E-state index is -0.898. The molecule has 19 heavy (non-hydrogen) atoms. The minimum Gasteiger partial charge on any atom is -0.466 e. The largest absolute Gasteiger partial charge is 0.466 e. The summed E-state index contributed by atoms with van der Waals surface area (Å²) in [6.45, 7) is 11.1. The molecule has 0 bridgehead atoms. The third-order valence-electron chi connectivity index (χ3n) is 4.05. The highest BCUT2D eigenvalue weighted by Gasteiger charge is 2.45. The van der Waals surface area contributed by atoms with Crippen LogP contribution in [0.3, 0.4) is 0 Å². The van der Waals surface area contributed by atoms with Crippen molar-refractivity contribution < 1.29 is 14.6 Å². The Labute approximate surface area is 117 Å². The summed E-state index contributed by atoms with van der Waals surface area (Å²) < 4.78 is 5.15. The molecule has 4 nitrogen and oxygen atoms in total. The zero-order valence-electron chi connectivity index (χ0n) is 12.8. The Bertz CT molecular complexity index is 283. The zero-order valence-corrected chi connectivity index (χ0v) is 12.8. The van der Waals surface area contributed by atoms with Gasteiger partial charge in [-0.1, -0.05) is 20.8 Å². The van der Waals surface area contributed by atoms with Gasteiger partial charge in [0.15, 0.2) is 0 Å². The van der Waals surface area contributed by atoms with Crippen molar-refractivity contribution in [1.82, 2.24) is 4.90 Å². The summed E-state index contributed by atoms with van der Waals surface area (Å²) in [5.74, 6) is -0.554. The van der Waals surface area contributed by atoms with Gasteiger partial charge in [0.25, 0.3) is 0 Å². The standard InChI is InChI=1S/C15H29NO3/c1-5-9-16-10-7-15(18,8-11-16)13(12(3)4)14(17)19-6-2/h12-13,18H,5-11H2,1-4H3. The van der Waals surface area contributed by atoms with E-state index in [1.807, 2.05) is 20.8 Å². The predicted molar refractivity (Wildman–Crippen MR) is 75.9 cm³/mol. The fraction of sp³-hybridized carbons (Fsp3) is 0.933. The molecule has 4 heteroatoms. The van der Waals surface area contributed by atoms with Gasteiger partial charge in [-0.15, -0.1) is 0 Å². The molecule has 1 unspecified atom stereocenters. The molecule has 0 spiro atoms. The number of carbonyl (C=O) groups is 1. The number of carbonyl (C=O) groups excluding carboxylic acids is 1. The van der Waals surface area contributed by atoms with Crippen LogP contribution in [0.2, 0.25) is 0 Å². The van der Waals surface area contributed by atoms with Crippen molar-refractivity contribution in [2.75, 3.05) is 26.2 Å². The summed E-state index contributed by atoms with van der Waals surface area (Å²) in [7, 11) is 0. The fourth-order valence-corrected chi connectivity index (χ4v) is 3.14. The lowest BCUT2D eigenvalue weighted by Crippen LogP contribution is -2.53. The second-order valence-electron chi connectivity index (χ2n) is 5.92. The highest BCUT2D eigenvalue weighted by atomic mass is 16.5. The van der Waals surface area contributed by atoms with Gasteiger partial charge >= 0.3 is 5.97 Å². The number of piperidine rings is 1. The monoisotopic (exact) mass is 271 g/mol. The number of hydrogen-bond acceptors (Lipinski definition) is 4. The molecule has 1 heterocycles. The van der Waals surface area contributed by atoms with Crippen LogP contribution in [0.4, 0.5) is 0 Å². The van der Waals surface area contributed by atoms with E-state index in [0.29, 0.717) is 19.4 Å². The van der Waals surface area contributed by atoms with E-state index in [2.05, 4.69) is 11.8 Å². The summed E-state index contributed by atoms with van der Waals surface area (Å²) in [5.41, 5.74) is -0.898. The smallest absolute Gasteiger partial charge is 0.312 e. The van der Waals surface area contributed by atoms with Crippen molar-refractivity contribution in [3.63, 3.8) is 0 Å². The van der Waals surface area contributed by atoms with Crippen LogP contribution < -0.4 is 0 Å². The third-order valence-corrected chi connectivity index (χ3v) is 4.05. The Morgan fingerprint density at radius 1 is 1.32 bits per heavy atom. The van der Waals surface area contributed by atoms with E-state index in [0.717, 1.165) is 26.1 Å². The molecular formula is C15H29NO3. The van der Waals surface area contributed by atoms with E-state index >= 15 is 0 Å². The van der Waals surface area contributed by atoms with Crippen LogP contribution in [0, 0.1) is 11.8 Å². The second-order valence-corrected chi connectivity index (χ2v) is 5.92. The number of esters is 1. The molecule has 0 radical (unpaired) electrons. The van der Waals surface area contributed by atoms with Gasteiger partial charge in [0.2, 0.25) is 0 Å². The minimum absolute atomic E-state index is 0.0989. The molecule has 0 saturated carbocycles. The SMILES string of the molecule is CCCN1CCC(O)(C(C(=O)OCC)C(C)C)CC1. The lowest BCUT2D eigenvalue weighted by molar-refractivity contribution is -0.166. The Balaban J connectivity index is 2.71. The van der Waals surface area contributed by atoms with Crippen molar-refractivity contribution in [3.05, 3.63) is 0 Å². The first kappa shape index (κ1) is 16.4. The van der Waals surface area contributed by atoms with Gasteiger partial charge in [0.1, 0.15) is 0 Å². The van der Waals surface area contributed by atoms with Crippen molar-refractivity contribution in [3.8, 4) is 0 Å². The first-order valence-electron chi connectivity index (χ1n) is 7.56. The molecule has 112 valence electrons. The highest BCUT2D eigenvalue weighted by Crippen LogP contribution is 2.35. The van der Waals surface area contributed by atoms with Gasteiger partial charge in [-0.3, -0.25) is 4.79 Å². The molecule has 1 saturated heterocycles. The maximum Gasteiger partial charge on any atom is 0.312 e. The number of ether oxygens (including phenoxy) is 1. The van der Waals surface area contributed by atoms with Gasteiger partial charge < -0.3 is 14.7 Å². The molecule has 1 fully saturated rings. The van der Waals surface area contributed by atoms with Gasteiger partial charge in [-0.2, -0.15) is 0 Å². The van der Waals surface area contributed by atoms with Crippen LogP contribution in [-0.4, -0.2) is 47.8 Å². The Morgan fingerprint density at radius 2 is 1.89 bits per heavy atom. The molecule has 1 rings (SSSR count). The van der Waals surface area contributed by atoms with Crippen molar-refractivity contribution in [1.29, 1.82) is 0 Å². The normalized spacial score (nSPS) is 21.4. The molecule has 1 aliphatic rings. The van der Waals surface area contributed by atoms with E-state index in [9.17, 15) is 9.90 Å². The van der Waals surface area contributed by atoms with Crippen LogP contribution in [0.15, 0.2) is 0 Å². The van der Waals surface area contributed by atoms with Crippen LogP contribution in [0.25, 0.3) is 0 Å². The summed E-state index contributed by atoms with van der Waals surface area (Å²) in [4.78, 5) is 14.5. The Morgan fingerprint density at radius 3 is 2.32 bits per heavy atom. The average molecular weight is 271 g/mol. The van der Waals surface area contributed by atoms with Gasteiger partial charge in [-0.25, -0.2) is 0 Å². The maximum atomic E-state index is 12.1. The summed E-state index contributed by atoms with van der Waals surface area (Å²) in [6.07, 6.45) is 2.45. The fourth-order valence-electron chi connectivity index (χ4n) is 3.14. The van der Waals surface area contributed by atoms with Crippen LogP contribution in [-0.2, 0) is 9.53 Å². The number of aliphatic hydroxyl groups is 1. The summed E-state index contributed by atoms with van der Waals surface area (Å²) in [6, 6.07) is 0. The molecule has 0 aromatic carbocycles. The molecular weight excluding hydrogens is 242 g/mol. The number of rotatable bonds is 6. The molecule has 0 aromatic rings. The van der Waals surface area contributed by atoms with Gasteiger partial charge in [-0.05, 0) is 38.6 Å². The molecule has 0 aromatic heterocycles. The Hall–Kier alpha value is -0.610. The zero-order chi connectivity index (χ0) is 14.5. The Kier molecular flexibility index (Phi) is 6.27. The molecule has 1 aliphatic heterocycles. The highest BCUT2D eigenvalue weighted by molar-refractivity contribution is 5.74. The predicted octanol–water partition coefficient (Wildman–Crippen LogP) is 2.06. The van der Waals surface area contributed by atoms with E-state index in [-0.39, 0.29) is 11.9 Å². The van der Waals surface area contributed by atoms with Crippen molar-refractivity contribution in [2.24, 2.45) is 11.8 Å². The first-order valence-corrected chi connectivity index (χ1v) is 7.56. The van der Waals surface area contributed by atoms with Crippen LogP contribution in [0.1, 0.15) is 47.0 Å². The first-order chi connectivity index (χ1) is 8.94. The second kappa shape index (κ2) is 7.25. The summed E-state index contributed by atoms with van der Waals surface area (Å²) in [5, 5.41) is 10.9. The quantitative estimate of drug-likeness (QED) is 0.751. The van der Waals surface area contributed by atoms with Gasteiger partial charge in [0, 0.05) is 13.1 Å². The molecule has 0 amide bonds. The lowest BCUT2D eigenvalue weighted by Gasteiger charge is -2.43.